The minimum atomic E-state index is -0.842. The van der Waals surface area contributed by atoms with Crippen LogP contribution in [-0.4, -0.2) is 21.3 Å². The first-order chi connectivity index (χ1) is 10.7. The first-order valence-electron chi connectivity index (χ1n) is 6.78. The highest BCUT2D eigenvalue weighted by Gasteiger charge is 2.35. The van der Waals surface area contributed by atoms with Gasteiger partial charge in [-0.15, -0.1) is 0 Å². The Bertz CT molecular complexity index is 694. The molecule has 1 unspecified atom stereocenters. The second-order valence-electron chi connectivity index (χ2n) is 5.00. The van der Waals surface area contributed by atoms with Crippen LogP contribution in [0.15, 0.2) is 71.7 Å². The van der Waals surface area contributed by atoms with Gasteiger partial charge >= 0.3 is 0 Å². The molecule has 0 aliphatic rings. The minimum absolute atomic E-state index is 0.170. The smallest absolute Gasteiger partial charge is 0.123 e. The molecule has 112 valence electrons. The van der Waals surface area contributed by atoms with E-state index in [2.05, 4.69) is 20.9 Å². The lowest BCUT2D eigenvalue weighted by Gasteiger charge is -2.34. The predicted molar refractivity (Wildman–Crippen MR) is 86.0 cm³/mol. The highest BCUT2D eigenvalue weighted by atomic mass is 79.9. The van der Waals surface area contributed by atoms with E-state index in [9.17, 15) is 9.50 Å². The van der Waals surface area contributed by atoms with Crippen LogP contribution in [0.3, 0.4) is 0 Å². The molecule has 0 saturated heterocycles. The van der Waals surface area contributed by atoms with Crippen LogP contribution in [-0.2, 0) is 5.54 Å². The minimum Gasteiger partial charge on any atom is -0.393 e. The normalized spacial score (nSPS) is 13.8. The number of aliphatic hydroxyl groups is 1. The maximum absolute atomic E-state index is 13.3. The number of aromatic nitrogens is 2. The van der Waals surface area contributed by atoms with Gasteiger partial charge < -0.3 is 9.67 Å². The Morgan fingerprint density at radius 1 is 1.05 bits per heavy atom. The zero-order chi connectivity index (χ0) is 15.6. The summed E-state index contributed by atoms with van der Waals surface area (Å²) >= 11 is 3.42. The zero-order valence-electron chi connectivity index (χ0n) is 11.7. The Labute approximate surface area is 136 Å². The van der Waals surface area contributed by atoms with Gasteiger partial charge in [-0.3, -0.25) is 0 Å². The molecule has 0 fully saturated rings. The average Bonchev–Trinajstić information content (AvgIpc) is 3.07. The Hall–Kier alpha value is -1.98. The Morgan fingerprint density at radius 2 is 1.64 bits per heavy atom. The van der Waals surface area contributed by atoms with Crippen LogP contribution in [0.2, 0.25) is 0 Å². The summed E-state index contributed by atoms with van der Waals surface area (Å²) in [4.78, 5) is 4.09. The molecule has 1 heterocycles. The third kappa shape index (κ3) is 2.46. The largest absolute Gasteiger partial charge is 0.393 e. The molecule has 0 spiro atoms. The standard InChI is InChI=1S/C17H14BrFN2O/c18-15-5-1-13(2-6-15)17(11-22,21-10-9-20-12-21)14-3-7-16(19)8-4-14/h1-10,12,22H,11H2. The Balaban J connectivity index is 2.25. The molecule has 2 aromatic carbocycles. The Morgan fingerprint density at radius 3 is 2.14 bits per heavy atom. The monoisotopic (exact) mass is 360 g/mol. The van der Waals surface area contributed by atoms with Gasteiger partial charge in [0.15, 0.2) is 0 Å². The number of hydrogen-bond acceptors (Lipinski definition) is 2. The molecule has 0 amide bonds. The van der Waals surface area contributed by atoms with Crippen molar-refractivity contribution in [2.24, 2.45) is 0 Å². The number of imidazole rings is 1. The summed E-state index contributed by atoms with van der Waals surface area (Å²) in [5.74, 6) is -0.308. The van der Waals surface area contributed by atoms with Crippen LogP contribution in [0.25, 0.3) is 0 Å². The fourth-order valence-electron chi connectivity index (χ4n) is 2.67. The molecule has 0 radical (unpaired) electrons. The van der Waals surface area contributed by atoms with Crippen LogP contribution < -0.4 is 0 Å². The molecule has 1 N–H and O–H groups in total. The van der Waals surface area contributed by atoms with Crippen molar-refractivity contribution in [1.82, 2.24) is 9.55 Å². The number of nitrogens with zero attached hydrogens (tertiary/aromatic N) is 2. The summed E-state index contributed by atoms with van der Waals surface area (Å²) in [5.41, 5.74) is 0.838. The summed E-state index contributed by atoms with van der Waals surface area (Å²) in [6.07, 6.45) is 5.11. The lowest BCUT2D eigenvalue weighted by atomic mass is 9.83. The number of aliphatic hydroxyl groups excluding tert-OH is 1. The van der Waals surface area contributed by atoms with Gasteiger partial charge in [-0.2, -0.15) is 0 Å². The van der Waals surface area contributed by atoms with Gasteiger partial charge in [0, 0.05) is 16.9 Å². The fourth-order valence-corrected chi connectivity index (χ4v) is 2.93. The molecule has 3 nitrogen and oxygen atoms in total. The summed E-state index contributed by atoms with van der Waals surface area (Å²) in [6.45, 7) is -0.170. The number of benzene rings is 2. The van der Waals surface area contributed by atoms with Crippen molar-refractivity contribution in [1.29, 1.82) is 0 Å². The topological polar surface area (TPSA) is 38.0 Å². The molecular formula is C17H14BrFN2O. The predicted octanol–water partition coefficient (Wildman–Crippen LogP) is 3.57. The highest BCUT2D eigenvalue weighted by Crippen LogP contribution is 2.34. The van der Waals surface area contributed by atoms with Crippen molar-refractivity contribution in [3.63, 3.8) is 0 Å². The third-order valence-electron chi connectivity index (χ3n) is 3.82. The molecule has 3 rings (SSSR count). The van der Waals surface area contributed by atoms with E-state index in [1.54, 1.807) is 30.9 Å². The van der Waals surface area contributed by atoms with Crippen LogP contribution >= 0.6 is 15.9 Å². The van der Waals surface area contributed by atoms with Crippen LogP contribution in [0, 0.1) is 5.82 Å². The summed E-state index contributed by atoms with van der Waals surface area (Å²) in [7, 11) is 0. The van der Waals surface area contributed by atoms with E-state index in [0.717, 1.165) is 15.6 Å². The highest BCUT2D eigenvalue weighted by molar-refractivity contribution is 9.10. The van der Waals surface area contributed by atoms with Crippen LogP contribution in [0.4, 0.5) is 4.39 Å². The summed E-state index contributed by atoms with van der Waals surface area (Å²) < 4.78 is 16.1. The van der Waals surface area contributed by atoms with Crippen molar-refractivity contribution >= 4 is 15.9 Å². The first kappa shape index (κ1) is 14.9. The van der Waals surface area contributed by atoms with E-state index < -0.39 is 5.54 Å². The average molecular weight is 361 g/mol. The second kappa shape index (κ2) is 6.02. The lowest BCUT2D eigenvalue weighted by Crippen LogP contribution is -2.39. The molecule has 3 aromatic rings. The molecule has 5 heteroatoms. The van der Waals surface area contributed by atoms with E-state index in [1.165, 1.54) is 12.1 Å². The van der Waals surface area contributed by atoms with E-state index in [4.69, 9.17) is 0 Å². The van der Waals surface area contributed by atoms with E-state index in [1.807, 2.05) is 28.8 Å². The molecule has 0 saturated carbocycles. The number of halogens is 2. The van der Waals surface area contributed by atoms with Gasteiger partial charge in [0.05, 0.1) is 12.9 Å². The van der Waals surface area contributed by atoms with Crippen molar-refractivity contribution in [3.8, 4) is 0 Å². The fraction of sp³-hybridized carbons (Fsp3) is 0.118. The summed E-state index contributed by atoms with van der Waals surface area (Å²) in [5, 5.41) is 10.2. The van der Waals surface area contributed by atoms with Gasteiger partial charge in [0.1, 0.15) is 11.4 Å². The molecule has 0 aliphatic heterocycles. The van der Waals surface area contributed by atoms with E-state index in [-0.39, 0.29) is 12.4 Å². The maximum atomic E-state index is 13.3. The molecule has 0 aliphatic carbocycles. The van der Waals surface area contributed by atoms with Gasteiger partial charge in [0.2, 0.25) is 0 Å². The molecule has 0 bridgehead atoms. The maximum Gasteiger partial charge on any atom is 0.123 e. The molecule has 22 heavy (non-hydrogen) atoms. The van der Waals surface area contributed by atoms with Crippen molar-refractivity contribution in [2.75, 3.05) is 6.61 Å². The van der Waals surface area contributed by atoms with E-state index in [0.29, 0.717) is 0 Å². The summed E-state index contributed by atoms with van der Waals surface area (Å²) in [6, 6.07) is 13.9. The van der Waals surface area contributed by atoms with Crippen molar-refractivity contribution < 1.29 is 9.50 Å². The van der Waals surface area contributed by atoms with Crippen molar-refractivity contribution in [3.05, 3.63) is 88.7 Å². The molecule has 1 atom stereocenters. The van der Waals surface area contributed by atoms with Crippen LogP contribution in [0.1, 0.15) is 11.1 Å². The van der Waals surface area contributed by atoms with Crippen molar-refractivity contribution in [2.45, 2.75) is 5.54 Å². The lowest BCUT2D eigenvalue weighted by molar-refractivity contribution is 0.196. The second-order valence-corrected chi connectivity index (χ2v) is 5.92. The van der Waals surface area contributed by atoms with Gasteiger partial charge in [-0.25, -0.2) is 9.37 Å². The van der Waals surface area contributed by atoms with Gasteiger partial charge in [-0.05, 0) is 35.4 Å². The quantitative estimate of drug-likeness (QED) is 0.772. The van der Waals surface area contributed by atoms with Gasteiger partial charge in [-0.1, -0.05) is 40.2 Å². The van der Waals surface area contributed by atoms with E-state index >= 15 is 0 Å². The van der Waals surface area contributed by atoms with Gasteiger partial charge in [0.25, 0.3) is 0 Å². The zero-order valence-corrected chi connectivity index (χ0v) is 13.2. The Kier molecular flexibility index (Phi) is 4.09. The third-order valence-corrected chi connectivity index (χ3v) is 4.35. The number of hydrogen-bond donors (Lipinski definition) is 1. The van der Waals surface area contributed by atoms with Crippen LogP contribution in [0.5, 0.6) is 0 Å². The first-order valence-corrected chi connectivity index (χ1v) is 7.57. The SMILES string of the molecule is OCC(c1ccc(F)cc1)(c1ccc(Br)cc1)n1ccnc1. The number of rotatable bonds is 4. The molecule has 1 aromatic heterocycles. The molecular weight excluding hydrogens is 347 g/mol.